The van der Waals surface area contributed by atoms with Crippen molar-refractivity contribution in [2.75, 3.05) is 0 Å². The molecule has 5 aliphatic rings. The molecule has 4 unspecified atom stereocenters. The Morgan fingerprint density at radius 2 is 2.00 bits per heavy atom. The summed E-state index contributed by atoms with van der Waals surface area (Å²) in [4.78, 5) is 23.9. The molecule has 1 spiro atoms. The third-order valence-corrected chi connectivity index (χ3v) is 9.03. The van der Waals surface area contributed by atoms with Crippen molar-refractivity contribution < 1.29 is 14.3 Å². The molecule has 0 aromatic rings. The molecule has 0 N–H and O–H groups in total. The molecule has 1 saturated heterocycles. The number of carbonyl (C=O) groups is 2. The van der Waals surface area contributed by atoms with Crippen LogP contribution in [0.5, 0.6) is 0 Å². The first kappa shape index (κ1) is 16.8. The Bertz CT molecular complexity index is 706. The van der Waals surface area contributed by atoms with Crippen LogP contribution in [0, 0.1) is 35.0 Å². The van der Waals surface area contributed by atoms with Gasteiger partial charge in [0.1, 0.15) is 5.60 Å². The second-order valence-electron chi connectivity index (χ2n) is 9.75. The van der Waals surface area contributed by atoms with E-state index in [0.717, 1.165) is 38.5 Å². The predicted octanol–water partition coefficient (Wildman–Crippen LogP) is 4.62. The van der Waals surface area contributed by atoms with Gasteiger partial charge in [-0.2, -0.15) is 0 Å². The van der Waals surface area contributed by atoms with Crippen LogP contribution in [0.25, 0.3) is 0 Å². The molecule has 0 aromatic heterocycles. The summed E-state index contributed by atoms with van der Waals surface area (Å²) >= 11 is 0. The zero-order valence-corrected chi connectivity index (χ0v) is 15.8. The molecule has 0 amide bonds. The smallest absolute Gasteiger partial charge is 0.306 e. The van der Waals surface area contributed by atoms with Crippen LogP contribution in [0.3, 0.4) is 0 Å². The average Bonchev–Trinajstić information content (AvgIpc) is 3.14. The minimum absolute atomic E-state index is 0.00826. The first-order chi connectivity index (χ1) is 12.5. The van der Waals surface area contributed by atoms with Crippen molar-refractivity contribution in [2.24, 2.45) is 35.0 Å². The Morgan fingerprint density at radius 3 is 2.73 bits per heavy atom. The summed E-state index contributed by atoms with van der Waals surface area (Å²) in [5, 5.41) is 0. The number of allylic oxidation sites excluding steroid dienone is 2. The Hall–Kier alpha value is -1.38. The van der Waals surface area contributed by atoms with Gasteiger partial charge in [0, 0.05) is 18.3 Å². The predicted molar refractivity (Wildman–Crippen MR) is 99.2 cm³/mol. The normalized spacial score (nSPS) is 49.9. The molecule has 140 valence electrons. The van der Waals surface area contributed by atoms with E-state index < -0.39 is 0 Å². The standard InChI is InChI=1S/C23H30O3/c1-3-14-12-15-13-16(24)4-5-17(15)18-6-9-22(2)19(21(14)18)7-10-23(22)11-8-20(25)26-23/h3,13-14,17-19,21H,1,4-12H2,2H3/t14?,17-,18?,19?,21?,22-,23+/m0/s1. The fourth-order valence-corrected chi connectivity index (χ4v) is 7.82. The van der Waals surface area contributed by atoms with E-state index in [0.29, 0.717) is 41.8 Å². The minimum atomic E-state index is -0.204. The highest BCUT2D eigenvalue weighted by atomic mass is 16.6. The van der Waals surface area contributed by atoms with E-state index in [4.69, 9.17) is 4.74 Å². The van der Waals surface area contributed by atoms with Crippen LogP contribution in [0.2, 0.25) is 0 Å². The zero-order valence-electron chi connectivity index (χ0n) is 15.8. The number of carbonyl (C=O) groups excluding carboxylic acids is 2. The molecular formula is C23H30O3. The van der Waals surface area contributed by atoms with Crippen molar-refractivity contribution in [1.82, 2.24) is 0 Å². The van der Waals surface area contributed by atoms with Crippen molar-refractivity contribution in [2.45, 2.75) is 70.3 Å². The van der Waals surface area contributed by atoms with Crippen molar-refractivity contribution in [1.29, 1.82) is 0 Å². The molecule has 0 radical (unpaired) electrons. The summed E-state index contributed by atoms with van der Waals surface area (Å²) in [7, 11) is 0. The SMILES string of the molecule is C=CC1CC2=CC(=O)CC[C@@H]2C2CC[C@@]3(C)C(CC[C@@]34CCC(=O)O4)C12. The summed E-state index contributed by atoms with van der Waals surface area (Å²) in [6, 6.07) is 0. The van der Waals surface area contributed by atoms with Gasteiger partial charge >= 0.3 is 5.97 Å². The lowest BCUT2D eigenvalue weighted by atomic mass is 9.48. The maximum absolute atomic E-state index is 12.0. The van der Waals surface area contributed by atoms with Gasteiger partial charge in [0.2, 0.25) is 0 Å². The fourth-order valence-electron chi connectivity index (χ4n) is 7.82. The van der Waals surface area contributed by atoms with Gasteiger partial charge in [-0.05, 0) is 80.6 Å². The third-order valence-electron chi connectivity index (χ3n) is 9.03. The van der Waals surface area contributed by atoms with E-state index in [-0.39, 0.29) is 17.0 Å². The van der Waals surface area contributed by atoms with Crippen LogP contribution in [0.15, 0.2) is 24.3 Å². The first-order valence-electron chi connectivity index (χ1n) is 10.6. The molecule has 5 rings (SSSR count). The molecule has 1 aliphatic heterocycles. The van der Waals surface area contributed by atoms with E-state index in [1.807, 2.05) is 6.08 Å². The number of ketones is 1. The van der Waals surface area contributed by atoms with Gasteiger partial charge in [-0.15, -0.1) is 6.58 Å². The van der Waals surface area contributed by atoms with Crippen LogP contribution in [-0.4, -0.2) is 17.4 Å². The average molecular weight is 354 g/mol. The minimum Gasteiger partial charge on any atom is -0.458 e. The number of rotatable bonds is 1. The van der Waals surface area contributed by atoms with Crippen molar-refractivity contribution >= 4 is 11.8 Å². The molecular weight excluding hydrogens is 324 g/mol. The summed E-state index contributed by atoms with van der Waals surface area (Å²) < 4.78 is 6.03. The highest BCUT2D eigenvalue weighted by Gasteiger charge is 2.66. The van der Waals surface area contributed by atoms with Crippen molar-refractivity contribution in [3.8, 4) is 0 Å². The third kappa shape index (κ3) is 2.06. The molecule has 4 aliphatic carbocycles. The Balaban J connectivity index is 1.52. The zero-order chi connectivity index (χ0) is 18.1. The van der Waals surface area contributed by atoms with Crippen LogP contribution in [0.1, 0.15) is 64.7 Å². The van der Waals surface area contributed by atoms with Gasteiger partial charge in [0.15, 0.2) is 5.78 Å². The van der Waals surface area contributed by atoms with E-state index in [1.165, 1.54) is 18.4 Å². The molecule has 0 bridgehead atoms. The molecule has 0 aromatic carbocycles. The fraction of sp³-hybridized carbons (Fsp3) is 0.739. The largest absolute Gasteiger partial charge is 0.458 e. The Labute approximate surface area is 156 Å². The first-order valence-corrected chi connectivity index (χ1v) is 10.6. The number of hydrogen-bond donors (Lipinski definition) is 0. The second kappa shape index (κ2) is 5.56. The Kier molecular flexibility index (Phi) is 3.59. The molecule has 3 heteroatoms. The summed E-state index contributed by atoms with van der Waals surface area (Å²) in [6.07, 6.45) is 13.0. The van der Waals surface area contributed by atoms with Gasteiger partial charge in [-0.25, -0.2) is 0 Å². The van der Waals surface area contributed by atoms with Crippen LogP contribution in [0.4, 0.5) is 0 Å². The van der Waals surface area contributed by atoms with Gasteiger partial charge in [-0.1, -0.05) is 18.6 Å². The quantitative estimate of drug-likeness (QED) is 0.510. The molecule has 1 heterocycles. The Morgan fingerprint density at radius 1 is 1.15 bits per heavy atom. The van der Waals surface area contributed by atoms with Crippen LogP contribution >= 0.6 is 0 Å². The van der Waals surface area contributed by atoms with Crippen molar-refractivity contribution in [3.05, 3.63) is 24.3 Å². The summed E-state index contributed by atoms with van der Waals surface area (Å²) in [6.45, 7) is 6.58. The highest BCUT2D eigenvalue weighted by Crippen LogP contribution is 2.68. The molecule has 7 atom stereocenters. The lowest BCUT2D eigenvalue weighted by molar-refractivity contribution is -0.167. The van der Waals surface area contributed by atoms with E-state index in [9.17, 15) is 9.59 Å². The molecule has 3 saturated carbocycles. The maximum atomic E-state index is 12.0. The maximum Gasteiger partial charge on any atom is 0.306 e. The van der Waals surface area contributed by atoms with E-state index >= 15 is 0 Å². The molecule has 3 nitrogen and oxygen atoms in total. The van der Waals surface area contributed by atoms with Crippen LogP contribution < -0.4 is 0 Å². The van der Waals surface area contributed by atoms with E-state index in [1.54, 1.807) is 0 Å². The van der Waals surface area contributed by atoms with Crippen molar-refractivity contribution in [3.63, 3.8) is 0 Å². The molecule has 26 heavy (non-hydrogen) atoms. The lowest BCUT2D eigenvalue weighted by Gasteiger charge is -2.57. The number of ether oxygens (including phenoxy) is 1. The number of fused-ring (bicyclic) bond motifs is 6. The number of esters is 1. The van der Waals surface area contributed by atoms with Crippen LogP contribution in [-0.2, 0) is 14.3 Å². The van der Waals surface area contributed by atoms with Gasteiger partial charge < -0.3 is 4.74 Å². The monoisotopic (exact) mass is 354 g/mol. The second-order valence-corrected chi connectivity index (χ2v) is 9.75. The highest BCUT2D eigenvalue weighted by molar-refractivity contribution is 5.91. The molecule has 4 fully saturated rings. The summed E-state index contributed by atoms with van der Waals surface area (Å²) in [5.74, 6) is 3.32. The van der Waals surface area contributed by atoms with E-state index in [2.05, 4.69) is 19.6 Å². The summed E-state index contributed by atoms with van der Waals surface area (Å²) in [5.41, 5.74) is 1.31. The number of hydrogen-bond acceptors (Lipinski definition) is 3. The van der Waals surface area contributed by atoms with Gasteiger partial charge in [0.25, 0.3) is 0 Å². The van der Waals surface area contributed by atoms with Gasteiger partial charge in [0.05, 0.1) is 0 Å². The lowest BCUT2D eigenvalue weighted by Crippen LogP contribution is -2.54. The van der Waals surface area contributed by atoms with Gasteiger partial charge in [-0.3, -0.25) is 9.59 Å². The topological polar surface area (TPSA) is 43.4 Å².